The summed E-state index contributed by atoms with van der Waals surface area (Å²) in [6.07, 6.45) is 1.35. The summed E-state index contributed by atoms with van der Waals surface area (Å²) >= 11 is 0. The molecule has 182 valence electrons. The lowest BCUT2D eigenvalue weighted by Crippen LogP contribution is -2.18. The van der Waals surface area contributed by atoms with Gasteiger partial charge in [-0.25, -0.2) is 9.82 Å². The second kappa shape index (κ2) is 11.5. The number of halogens is 1. The maximum atomic E-state index is 13.0. The van der Waals surface area contributed by atoms with Gasteiger partial charge in [-0.2, -0.15) is 5.10 Å². The Morgan fingerprint density at radius 3 is 2.47 bits per heavy atom. The average Bonchev–Trinajstić information content (AvgIpc) is 3.36. The van der Waals surface area contributed by atoms with Gasteiger partial charge in [-0.15, -0.1) is 0 Å². The van der Waals surface area contributed by atoms with E-state index in [2.05, 4.69) is 15.8 Å². The van der Waals surface area contributed by atoms with E-state index in [1.165, 1.54) is 36.5 Å². The number of nitrogens with one attached hydrogen (secondary N) is 2. The Morgan fingerprint density at radius 2 is 1.72 bits per heavy atom. The molecule has 0 saturated carbocycles. The normalized spacial score (nSPS) is 10.7. The van der Waals surface area contributed by atoms with E-state index in [1.54, 1.807) is 37.4 Å². The van der Waals surface area contributed by atoms with E-state index in [0.29, 0.717) is 29.6 Å². The zero-order valence-corrected chi connectivity index (χ0v) is 19.2. The number of methoxy groups -OCH3 is 1. The molecule has 0 unspecified atom stereocenters. The third kappa shape index (κ3) is 6.57. The number of hydrazone groups is 1. The van der Waals surface area contributed by atoms with Crippen LogP contribution in [-0.2, 0) is 6.61 Å². The lowest BCUT2D eigenvalue weighted by atomic mass is 10.1. The predicted octanol–water partition coefficient (Wildman–Crippen LogP) is 5.02. The first-order valence-electron chi connectivity index (χ1n) is 10.9. The second-order valence-corrected chi connectivity index (χ2v) is 7.53. The summed E-state index contributed by atoms with van der Waals surface area (Å²) in [6, 6.07) is 22.3. The van der Waals surface area contributed by atoms with Crippen LogP contribution in [-0.4, -0.2) is 25.1 Å². The van der Waals surface area contributed by atoms with Gasteiger partial charge in [0.1, 0.15) is 18.2 Å². The number of rotatable bonds is 9. The largest absolute Gasteiger partial charge is 0.497 e. The van der Waals surface area contributed by atoms with Crippen molar-refractivity contribution in [2.45, 2.75) is 6.61 Å². The van der Waals surface area contributed by atoms with Gasteiger partial charge in [0.05, 0.1) is 13.3 Å². The molecule has 1 heterocycles. The molecule has 4 rings (SSSR count). The number of carbonyl (C=O) groups excluding carboxylic acids is 2. The molecule has 0 aliphatic carbocycles. The minimum atomic E-state index is -0.480. The van der Waals surface area contributed by atoms with Crippen molar-refractivity contribution in [3.05, 3.63) is 113 Å². The van der Waals surface area contributed by atoms with Gasteiger partial charge in [-0.05, 0) is 66.2 Å². The van der Waals surface area contributed by atoms with Crippen LogP contribution in [0.4, 0.5) is 10.1 Å². The van der Waals surface area contributed by atoms with Crippen molar-refractivity contribution in [2.75, 3.05) is 12.4 Å². The SMILES string of the molecule is COc1ccc(COc2ccc(/C=N\NC(=O)c3cccc(NC(=O)c4ccc(F)cc4)c3)o2)cc1. The first-order chi connectivity index (χ1) is 17.5. The summed E-state index contributed by atoms with van der Waals surface area (Å²) in [7, 11) is 1.61. The fraction of sp³-hybridized carbons (Fsp3) is 0.0741. The van der Waals surface area contributed by atoms with Crippen molar-refractivity contribution < 1.29 is 27.9 Å². The molecule has 1 aromatic heterocycles. The van der Waals surface area contributed by atoms with Crippen LogP contribution < -0.4 is 20.2 Å². The molecule has 36 heavy (non-hydrogen) atoms. The van der Waals surface area contributed by atoms with Crippen LogP contribution in [0, 0.1) is 5.82 Å². The highest BCUT2D eigenvalue weighted by Gasteiger charge is 2.09. The van der Waals surface area contributed by atoms with E-state index >= 15 is 0 Å². The van der Waals surface area contributed by atoms with Crippen LogP contribution in [0.25, 0.3) is 0 Å². The van der Waals surface area contributed by atoms with E-state index in [4.69, 9.17) is 13.9 Å². The van der Waals surface area contributed by atoms with E-state index in [0.717, 1.165) is 11.3 Å². The molecule has 0 spiro atoms. The molecule has 8 nitrogen and oxygen atoms in total. The zero-order chi connectivity index (χ0) is 25.3. The molecule has 0 atom stereocenters. The quantitative estimate of drug-likeness (QED) is 0.255. The number of hydrogen-bond donors (Lipinski definition) is 2. The highest BCUT2D eigenvalue weighted by Crippen LogP contribution is 2.18. The second-order valence-electron chi connectivity index (χ2n) is 7.53. The fourth-order valence-corrected chi connectivity index (χ4v) is 3.12. The van der Waals surface area contributed by atoms with Crippen molar-refractivity contribution in [1.29, 1.82) is 0 Å². The summed E-state index contributed by atoms with van der Waals surface area (Å²) < 4.78 is 29.3. The Morgan fingerprint density at radius 1 is 0.944 bits per heavy atom. The van der Waals surface area contributed by atoms with Gasteiger partial charge in [-0.3, -0.25) is 9.59 Å². The summed E-state index contributed by atoms with van der Waals surface area (Å²) in [5.74, 6) is 0.125. The van der Waals surface area contributed by atoms with Crippen LogP contribution in [0.5, 0.6) is 11.7 Å². The third-order valence-electron chi connectivity index (χ3n) is 4.99. The zero-order valence-electron chi connectivity index (χ0n) is 19.2. The molecule has 0 fully saturated rings. The maximum absolute atomic E-state index is 13.0. The van der Waals surface area contributed by atoms with Crippen molar-refractivity contribution in [3.63, 3.8) is 0 Å². The van der Waals surface area contributed by atoms with Gasteiger partial charge >= 0.3 is 0 Å². The molecular weight excluding hydrogens is 465 g/mol. The van der Waals surface area contributed by atoms with Crippen molar-refractivity contribution in [2.24, 2.45) is 5.10 Å². The first-order valence-corrected chi connectivity index (χ1v) is 10.9. The number of ether oxygens (including phenoxy) is 2. The van der Waals surface area contributed by atoms with Gasteiger partial charge in [0, 0.05) is 22.9 Å². The number of amides is 2. The van der Waals surface area contributed by atoms with Crippen molar-refractivity contribution >= 4 is 23.7 Å². The van der Waals surface area contributed by atoms with Gasteiger partial charge in [0.2, 0.25) is 0 Å². The monoisotopic (exact) mass is 487 g/mol. The Bertz CT molecular complexity index is 1360. The third-order valence-corrected chi connectivity index (χ3v) is 4.99. The number of nitrogens with zero attached hydrogens (tertiary/aromatic N) is 1. The van der Waals surface area contributed by atoms with E-state index < -0.39 is 17.6 Å². The van der Waals surface area contributed by atoms with Crippen LogP contribution in [0.1, 0.15) is 32.0 Å². The maximum Gasteiger partial charge on any atom is 0.285 e. The summed E-state index contributed by atoms with van der Waals surface area (Å²) in [4.78, 5) is 24.8. The van der Waals surface area contributed by atoms with Gasteiger partial charge in [0.15, 0.2) is 5.76 Å². The van der Waals surface area contributed by atoms with Crippen molar-refractivity contribution in [3.8, 4) is 11.7 Å². The smallest absolute Gasteiger partial charge is 0.285 e. The molecule has 3 aromatic carbocycles. The van der Waals surface area contributed by atoms with Crippen LogP contribution >= 0.6 is 0 Å². The molecule has 0 bridgehead atoms. The van der Waals surface area contributed by atoms with E-state index in [9.17, 15) is 14.0 Å². The van der Waals surface area contributed by atoms with Crippen LogP contribution in [0.15, 0.2) is 94.4 Å². The van der Waals surface area contributed by atoms with E-state index in [-0.39, 0.29) is 5.56 Å². The highest BCUT2D eigenvalue weighted by molar-refractivity contribution is 6.05. The van der Waals surface area contributed by atoms with Crippen LogP contribution in [0.3, 0.4) is 0 Å². The average molecular weight is 487 g/mol. The Labute approximate surface area is 206 Å². The number of furan rings is 1. The summed E-state index contributed by atoms with van der Waals surface area (Å²) in [6.45, 7) is 0.318. The molecule has 2 amide bonds. The summed E-state index contributed by atoms with van der Waals surface area (Å²) in [5, 5.41) is 6.58. The summed E-state index contributed by atoms with van der Waals surface area (Å²) in [5.41, 5.74) is 4.34. The van der Waals surface area contributed by atoms with Gasteiger partial charge in [0.25, 0.3) is 17.8 Å². The topological polar surface area (TPSA) is 102 Å². The minimum absolute atomic E-state index is 0.284. The van der Waals surface area contributed by atoms with Gasteiger partial charge in [-0.1, -0.05) is 18.2 Å². The van der Waals surface area contributed by atoms with Crippen molar-refractivity contribution in [1.82, 2.24) is 5.43 Å². The Hall–Kier alpha value is -4.92. The molecule has 0 aliphatic rings. The molecule has 0 saturated heterocycles. The highest BCUT2D eigenvalue weighted by atomic mass is 19.1. The Kier molecular flexibility index (Phi) is 7.72. The molecule has 2 N–H and O–H groups in total. The standard InChI is InChI=1S/C27H22FN3O5/c1-34-23-11-5-18(6-12-23)17-35-25-14-13-24(36-25)16-29-31-27(33)20-3-2-4-22(15-20)30-26(32)19-7-9-21(28)10-8-19/h2-16H,17H2,1H3,(H,30,32)(H,31,33)/b29-16-. The molecule has 9 heteroatoms. The van der Waals surface area contributed by atoms with E-state index in [1.807, 2.05) is 24.3 Å². The van der Waals surface area contributed by atoms with Gasteiger partial charge < -0.3 is 19.2 Å². The van der Waals surface area contributed by atoms with Crippen LogP contribution in [0.2, 0.25) is 0 Å². The molecular formula is C27H22FN3O5. The molecule has 0 radical (unpaired) electrons. The predicted molar refractivity (Wildman–Crippen MR) is 132 cm³/mol. The fourth-order valence-electron chi connectivity index (χ4n) is 3.12. The number of anilines is 1. The molecule has 0 aliphatic heterocycles. The number of hydrogen-bond acceptors (Lipinski definition) is 6. The minimum Gasteiger partial charge on any atom is -0.497 e. The molecule has 4 aromatic rings. The lowest BCUT2D eigenvalue weighted by molar-refractivity contribution is 0.0953. The Balaban J connectivity index is 1.29. The number of carbonyl (C=O) groups is 2. The first kappa shape index (κ1) is 24.2. The lowest BCUT2D eigenvalue weighted by Gasteiger charge is -2.07. The number of benzene rings is 3.